The van der Waals surface area contributed by atoms with Crippen LogP contribution in [-0.2, 0) is 32.6 Å². The van der Waals surface area contributed by atoms with Gasteiger partial charge in [-0.3, -0.25) is 13.9 Å². The largest absolute Gasteiger partial charge is 0.493 e. The topological polar surface area (TPSA) is 105 Å². The molecule has 0 radical (unpaired) electrons. The second-order valence-corrected chi connectivity index (χ2v) is 13.9. The number of nitrogens with zero attached hydrogens (tertiary/aromatic N) is 2. The van der Waals surface area contributed by atoms with Gasteiger partial charge in [0.2, 0.25) is 11.8 Å². The summed E-state index contributed by atoms with van der Waals surface area (Å²) in [6.45, 7) is -0.905. The van der Waals surface area contributed by atoms with Gasteiger partial charge in [-0.15, -0.1) is 0 Å². The van der Waals surface area contributed by atoms with Crippen molar-refractivity contribution >= 4 is 27.5 Å². The molecule has 2 amide bonds. The first kappa shape index (κ1) is 35.4. The van der Waals surface area contributed by atoms with E-state index in [1.165, 1.54) is 43.4 Å². The van der Waals surface area contributed by atoms with E-state index in [1.54, 1.807) is 48.5 Å². The first-order valence-corrected chi connectivity index (χ1v) is 17.8. The molecule has 0 aliphatic heterocycles. The second kappa shape index (κ2) is 16.5. The number of halogens is 1. The quantitative estimate of drug-likeness (QED) is 0.171. The highest BCUT2D eigenvalue weighted by Gasteiger charge is 2.36. The minimum Gasteiger partial charge on any atom is -0.493 e. The van der Waals surface area contributed by atoms with Gasteiger partial charge >= 0.3 is 0 Å². The first-order chi connectivity index (χ1) is 23.7. The van der Waals surface area contributed by atoms with Crippen molar-refractivity contribution in [2.24, 2.45) is 0 Å². The summed E-state index contributed by atoms with van der Waals surface area (Å²) in [5, 5.41) is 3.16. The number of hydrogen-bond acceptors (Lipinski definition) is 6. The predicted octanol–water partition coefficient (Wildman–Crippen LogP) is 6.13. The van der Waals surface area contributed by atoms with E-state index in [2.05, 4.69) is 5.32 Å². The van der Waals surface area contributed by atoms with Crippen molar-refractivity contribution in [3.05, 3.63) is 120 Å². The van der Waals surface area contributed by atoms with Crippen molar-refractivity contribution in [1.29, 1.82) is 0 Å². The van der Waals surface area contributed by atoms with Gasteiger partial charge in [-0.25, -0.2) is 12.8 Å². The van der Waals surface area contributed by atoms with Crippen LogP contribution in [0.5, 0.6) is 11.5 Å². The number of carbonyl (C=O) groups is 2. The smallest absolute Gasteiger partial charge is 0.264 e. The van der Waals surface area contributed by atoms with Gasteiger partial charge in [0.1, 0.15) is 18.4 Å². The Hall–Kier alpha value is -4.90. The molecule has 1 aliphatic rings. The van der Waals surface area contributed by atoms with Crippen molar-refractivity contribution in [3.63, 3.8) is 0 Å². The van der Waals surface area contributed by atoms with Crippen LogP contribution < -0.4 is 19.1 Å². The number of amides is 2. The average molecular weight is 688 g/mol. The molecule has 1 aliphatic carbocycles. The number of ether oxygens (including phenoxy) is 2. The third-order valence-electron chi connectivity index (χ3n) is 8.79. The molecular weight excluding hydrogens is 645 g/mol. The molecule has 0 aromatic heterocycles. The van der Waals surface area contributed by atoms with Crippen LogP contribution in [0.15, 0.2) is 108 Å². The summed E-state index contributed by atoms with van der Waals surface area (Å²) in [4.78, 5) is 30.0. The highest BCUT2D eigenvalue weighted by molar-refractivity contribution is 7.92. The number of benzene rings is 4. The van der Waals surface area contributed by atoms with Crippen LogP contribution in [0, 0.1) is 5.82 Å². The second-order valence-electron chi connectivity index (χ2n) is 12.0. The number of anilines is 1. The number of nitrogens with one attached hydrogen (secondary N) is 1. The fraction of sp³-hybridized carbons (Fsp3) is 0.316. The summed E-state index contributed by atoms with van der Waals surface area (Å²) in [6.07, 6.45) is 4.89. The molecule has 0 heterocycles. The van der Waals surface area contributed by atoms with Gasteiger partial charge in [0.05, 0.1) is 24.8 Å². The van der Waals surface area contributed by atoms with E-state index in [0.717, 1.165) is 42.0 Å². The minimum absolute atomic E-state index is 0.0452. The summed E-state index contributed by atoms with van der Waals surface area (Å²) >= 11 is 0. The Kier molecular flexibility index (Phi) is 11.9. The van der Waals surface area contributed by atoms with Gasteiger partial charge in [0.25, 0.3) is 10.0 Å². The zero-order valence-corrected chi connectivity index (χ0v) is 28.6. The van der Waals surface area contributed by atoms with Crippen LogP contribution >= 0.6 is 0 Å². The van der Waals surface area contributed by atoms with Crippen LogP contribution in [0.3, 0.4) is 0 Å². The molecule has 5 rings (SSSR count). The lowest BCUT2D eigenvalue weighted by Gasteiger charge is -2.35. The molecule has 1 fully saturated rings. The maximum Gasteiger partial charge on any atom is 0.264 e. The van der Waals surface area contributed by atoms with Crippen molar-refractivity contribution in [2.45, 2.75) is 62.0 Å². The van der Waals surface area contributed by atoms with Gasteiger partial charge in [0.15, 0.2) is 11.5 Å². The van der Waals surface area contributed by atoms with Crippen LogP contribution in [0.25, 0.3) is 0 Å². The van der Waals surface area contributed by atoms with Gasteiger partial charge < -0.3 is 19.7 Å². The van der Waals surface area contributed by atoms with Crippen LogP contribution in [-0.4, -0.2) is 58.0 Å². The fourth-order valence-electron chi connectivity index (χ4n) is 6.14. The molecule has 1 saturated carbocycles. The summed E-state index contributed by atoms with van der Waals surface area (Å²) in [5.41, 5.74) is 1.24. The molecule has 0 saturated heterocycles. The number of hydrogen-bond donors (Lipinski definition) is 1. The normalized spacial score (nSPS) is 14.0. The Balaban J connectivity index is 1.57. The third kappa shape index (κ3) is 8.77. The number of sulfonamides is 1. The van der Waals surface area contributed by atoms with Crippen LogP contribution in [0.2, 0.25) is 0 Å². The average Bonchev–Trinajstić information content (AvgIpc) is 3.13. The molecule has 0 spiro atoms. The van der Waals surface area contributed by atoms with Gasteiger partial charge in [0, 0.05) is 30.6 Å². The van der Waals surface area contributed by atoms with Crippen molar-refractivity contribution in [2.75, 3.05) is 25.1 Å². The molecule has 1 N–H and O–H groups in total. The van der Waals surface area contributed by atoms with E-state index in [1.807, 2.05) is 30.3 Å². The van der Waals surface area contributed by atoms with Gasteiger partial charge in [-0.05, 0) is 48.7 Å². The van der Waals surface area contributed by atoms with Crippen molar-refractivity contribution in [3.8, 4) is 11.5 Å². The molecule has 258 valence electrons. The maximum absolute atomic E-state index is 15.2. The molecule has 1 atom stereocenters. The Morgan fingerprint density at radius 2 is 1.47 bits per heavy atom. The zero-order chi connectivity index (χ0) is 34.8. The minimum atomic E-state index is -4.37. The molecule has 0 bridgehead atoms. The molecule has 4 aromatic carbocycles. The first-order valence-electron chi connectivity index (χ1n) is 16.4. The fourth-order valence-corrected chi connectivity index (χ4v) is 7.57. The monoisotopic (exact) mass is 687 g/mol. The van der Waals surface area contributed by atoms with Crippen molar-refractivity contribution < 1.29 is 31.9 Å². The molecule has 1 unspecified atom stereocenters. The van der Waals surface area contributed by atoms with E-state index in [9.17, 15) is 18.0 Å². The Morgan fingerprint density at radius 1 is 0.837 bits per heavy atom. The SMILES string of the molecule is COc1ccc(S(=O)(=O)N(CC(=O)N(Cc2ccccc2F)C(Cc2ccccc2)C(=O)NC2CCCCC2)c2ccccc2)cc1OC. The standard InChI is InChI=1S/C38H42FN3O6S/c1-47-35-23-22-32(25-36(35)48-2)49(45,46)42(31-19-10-5-11-20-31)27-37(43)41(26-29-16-12-13-21-33(29)39)34(24-28-14-6-3-7-15-28)38(44)40-30-17-8-4-9-18-30/h3,5-7,10-16,19-23,25,30,34H,4,8-9,17-18,24,26-27H2,1-2H3,(H,40,44). The van der Waals surface area contributed by atoms with Crippen LogP contribution in [0.4, 0.5) is 10.1 Å². The molecule has 9 nitrogen and oxygen atoms in total. The van der Waals surface area contributed by atoms with E-state index >= 15 is 4.39 Å². The highest BCUT2D eigenvalue weighted by Crippen LogP contribution is 2.32. The Labute approximate surface area is 287 Å². The number of para-hydroxylation sites is 1. The van der Waals surface area contributed by atoms with E-state index < -0.39 is 34.3 Å². The zero-order valence-electron chi connectivity index (χ0n) is 27.8. The van der Waals surface area contributed by atoms with E-state index in [0.29, 0.717) is 5.75 Å². The molecule has 11 heteroatoms. The summed E-state index contributed by atoms with van der Waals surface area (Å²) in [7, 11) is -1.53. The Morgan fingerprint density at radius 3 is 2.12 bits per heavy atom. The van der Waals surface area contributed by atoms with E-state index in [-0.39, 0.29) is 46.8 Å². The molecule has 49 heavy (non-hydrogen) atoms. The number of methoxy groups -OCH3 is 2. The van der Waals surface area contributed by atoms with Crippen LogP contribution in [0.1, 0.15) is 43.2 Å². The van der Waals surface area contributed by atoms with Gasteiger partial charge in [-0.2, -0.15) is 0 Å². The molecular formula is C38H42FN3O6S. The maximum atomic E-state index is 15.2. The lowest BCUT2D eigenvalue weighted by atomic mass is 9.94. The lowest BCUT2D eigenvalue weighted by Crippen LogP contribution is -2.55. The van der Waals surface area contributed by atoms with E-state index in [4.69, 9.17) is 9.47 Å². The lowest BCUT2D eigenvalue weighted by molar-refractivity contribution is -0.140. The Bertz CT molecular complexity index is 1820. The molecule has 4 aromatic rings. The number of carbonyl (C=O) groups excluding carboxylic acids is 2. The highest BCUT2D eigenvalue weighted by atomic mass is 32.2. The summed E-state index contributed by atoms with van der Waals surface area (Å²) in [6, 6.07) is 26.7. The number of rotatable bonds is 14. The van der Waals surface area contributed by atoms with Gasteiger partial charge in [-0.1, -0.05) is 86.0 Å². The third-order valence-corrected chi connectivity index (χ3v) is 10.6. The summed E-state index contributed by atoms with van der Waals surface area (Å²) < 4.78 is 55.6. The van der Waals surface area contributed by atoms with Crippen molar-refractivity contribution in [1.82, 2.24) is 10.2 Å². The summed E-state index contributed by atoms with van der Waals surface area (Å²) in [5.74, 6) is -1.03. The predicted molar refractivity (Wildman–Crippen MR) is 186 cm³/mol.